The molecule has 1 atom stereocenters. The number of benzene rings is 1. The molecule has 3 heterocycles. The summed E-state index contributed by atoms with van der Waals surface area (Å²) in [5.41, 5.74) is 3.41. The monoisotopic (exact) mass is 495 g/mol. The Labute approximate surface area is 208 Å². The summed E-state index contributed by atoms with van der Waals surface area (Å²) in [7, 11) is 1.64. The van der Waals surface area contributed by atoms with E-state index in [-0.39, 0.29) is 11.9 Å². The highest BCUT2D eigenvalue weighted by Crippen LogP contribution is 2.30. The Morgan fingerprint density at radius 2 is 1.94 bits per heavy atom. The Balaban J connectivity index is 1.58. The molecule has 0 fully saturated rings. The Hall–Kier alpha value is -3.10. The van der Waals surface area contributed by atoms with E-state index in [4.69, 9.17) is 14.5 Å². The van der Waals surface area contributed by atoms with E-state index in [2.05, 4.69) is 28.3 Å². The van der Waals surface area contributed by atoms with E-state index in [1.807, 2.05) is 55.6 Å². The number of aromatic nitrogens is 2. The molecule has 4 rings (SSSR count). The van der Waals surface area contributed by atoms with Gasteiger partial charge in [0.05, 0.1) is 30.6 Å². The molecule has 0 bridgehead atoms. The van der Waals surface area contributed by atoms with Gasteiger partial charge in [-0.1, -0.05) is 13.0 Å². The average molecular weight is 496 g/mol. The largest absolute Gasteiger partial charge is 0.497 e. The molecule has 0 saturated heterocycles. The van der Waals surface area contributed by atoms with Crippen LogP contribution in [0.3, 0.4) is 0 Å². The zero-order valence-electron chi connectivity index (χ0n) is 19.8. The number of carbonyl (C=O) groups is 1. The Kier molecular flexibility index (Phi) is 7.70. The second-order valence-corrected chi connectivity index (χ2v) is 10.0. The fraction of sp³-hybridized carbons (Fsp3) is 0.308. The van der Waals surface area contributed by atoms with Crippen molar-refractivity contribution in [3.63, 3.8) is 0 Å². The second kappa shape index (κ2) is 10.9. The van der Waals surface area contributed by atoms with Crippen LogP contribution in [-0.4, -0.2) is 28.6 Å². The summed E-state index contributed by atoms with van der Waals surface area (Å²) in [4.78, 5) is 19.0. The Morgan fingerprint density at radius 3 is 2.62 bits per heavy atom. The van der Waals surface area contributed by atoms with E-state index >= 15 is 0 Å². The lowest BCUT2D eigenvalue weighted by Gasteiger charge is -2.12. The van der Waals surface area contributed by atoms with Gasteiger partial charge in [0.1, 0.15) is 23.1 Å². The van der Waals surface area contributed by atoms with E-state index in [0.717, 1.165) is 40.0 Å². The average Bonchev–Trinajstić information content (AvgIpc) is 3.60. The number of nitrogens with one attached hydrogen (secondary N) is 1. The first-order valence-electron chi connectivity index (χ1n) is 11.2. The van der Waals surface area contributed by atoms with Crippen molar-refractivity contribution < 1.29 is 14.3 Å². The molecule has 4 aromatic rings. The van der Waals surface area contributed by atoms with Gasteiger partial charge in [-0.2, -0.15) is 0 Å². The fourth-order valence-corrected chi connectivity index (χ4v) is 4.96. The van der Waals surface area contributed by atoms with Gasteiger partial charge < -0.3 is 19.4 Å². The number of ether oxygens (including phenoxy) is 2. The van der Waals surface area contributed by atoms with Crippen LogP contribution in [-0.2, 0) is 13.2 Å². The predicted molar refractivity (Wildman–Crippen MR) is 138 cm³/mol. The summed E-state index contributed by atoms with van der Waals surface area (Å²) in [6.07, 6.45) is 0.886. The first-order chi connectivity index (χ1) is 16.5. The highest BCUT2D eigenvalue weighted by Gasteiger charge is 2.21. The standard InChI is InChI=1S/C26H29N3O3S2/c1-5-17(2)27-26(30)22-13-24(29(18(22)3)14-21-7-6-12-33-21)23-16-34-25(28-23)15-32-20-10-8-19(31-4)9-11-20/h6-13,16-17H,5,14-15H2,1-4H3,(H,27,30). The quantitative estimate of drug-likeness (QED) is 0.287. The lowest BCUT2D eigenvalue weighted by Crippen LogP contribution is -2.32. The number of nitrogens with zero attached hydrogens (tertiary/aromatic N) is 2. The minimum Gasteiger partial charge on any atom is -0.497 e. The van der Waals surface area contributed by atoms with Crippen molar-refractivity contribution in [2.45, 2.75) is 46.4 Å². The van der Waals surface area contributed by atoms with Crippen LogP contribution >= 0.6 is 22.7 Å². The number of hydrogen-bond acceptors (Lipinski definition) is 6. The van der Waals surface area contributed by atoms with Crippen LogP contribution in [0.5, 0.6) is 11.5 Å². The Morgan fingerprint density at radius 1 is 1.18 bits per heavy atom. The van der Waals surface area contributed by atoms with Crippen molar-refractivity contribution in [1.82, 2.24) is 14.9 Å². The van der Waals surface area contributed by atoms with E-state index in [0.29, 0.717) is 18.7 Å². The first kappa shape index (κ1) is 24.0. The molecule has 1 amide bonds. The third-order valence-electron chi connectivity index (χ3n) is 5.73. The third kappa shape index (κ3) is 5.51. The molecule has 0 aliphatic heterocycles. The van der Waals surface area contributed by atoms with Crippen molar-refractivity contribution in [1.29, 1.82) is 0 Å². The van der Waals surface area contributed by atoms with Gasteiger partial charge in [0.25, 0.3) is 5.91 Å². The smallest absolute Gasteiger partial charge is 0.253 e. The number of hydrogen-bond donors (Lipinski definition) is 1. The highest BCUT2D eigenvalue weighted by atomic mass is 32.1. The van der Waals surface area contributed by atoms with Crippen LogP contribution in [0.2, 0.25) is 0 Å². The zero-order chi connectivity index (χ0) is 24.1. The molecule has 1 aromatic carbocycles. The minimum atomic E-state index is -0.0451. The summed E-state index contributed by atoms with van der Waals surface area (Å²) in [6, 6.07) is 13.7. The molecule has 1 N–H and O–H groups in total. The maximum absolute atomic E-state index is 13.0. The number of amides is 1. The molecular weight excluding hydrogens is 466 g/mol. The van der Waals surface area contributed by atoms with Gasteiger partial charge in [-0.15, -0.1) is 22.7 Å². The maximum Gasteiger partial charge on any atom is 0.253 e. The highest BCUT2D eigenvalue weighted by molar-refractivity contribution is 7.10. The first-order valence-corrected chi connectivity index (χ1v) is 13.0. The van der Waals surface area contributed by atoms with Crippen molar-refractivity contribution in [2.75, 3.05) is 7.11 Å². The summed E-state index contributed by atoms with van der Waals surface area (Å²) in [6.45, 7) is 7.17. The summed E-state index contributed by atoms with van der Waals surface area (Å²) in [5.74, 6) is 1.51. The molecule has 0 aliphatic carbocycles. The number of thiophene rings is 1. The van der Waals surface area contributed by atoms with E-state index in [1.54, 1.807) is 29.8 Å². The van der Waals surface area contributed by atoms with Crippen LogP contribution in [0.15, 0.2) is 53.2 Å². The molecule has 34 heavy (non-hydrogen) atoms. The van der Waals surface area contributed by atoms with Gasteiger partial charge in [-0.3, -0.25) is 4.79 Å². The van der Waals surface area contributed by atoms with Crippen molar-refractivity contribution in [3.8, 4) is 22.9 Å². The van der Waals surface area contributed by atoms with E-state index in [9.17, 15) is 4.79 Å². The molecule has 8 heteroatoms. The molecule has 6 nitrogen and oxygen atoms in total. The summed E-state index contributed by atoms with van der Waals surface area (Å²) in [5, 5.41) is 8.07. The topological polar surface area (TPSA) is 65.4 Å². The van der Waals surface area contributed by atoms with Crippen LogP contribution < -0.4 is 14.8 Å². The Bertz CT molecular complexity index is 1230. The normalized spacial score (nSPS) is 11.9. The SMILES string of the molecule is CCC(C)NC(=O)c1cc(-c2csc(COc3ccc(OC)cc3)n2)n(Cc2cccs2)c1C. The maximum atomic E-state index is 13.0. The van der Waals surface area contributed by atoms with Crippen molar-refractivity contribution in [2.24, 2.45) is 0 Å². The summed E-state index contributed by atoms with van der Waals surface area (Å²) < 4.78 is 13.3. The fourth-order valence-electron chi connectivity index (χ4n) is 3.56. The molecule has 0 aliphatic rings. The lowest BCUT2D eigenvalue weighted by molar-refractivity contribution is 0.0938. The van der Waals surface area contributed by atoms with Crippen LogP contribution in [0.1, 0.15) is 46.2 Å². The number of thiazole rings is 1. The summed E-state index contributed by atoms with van der Waals surface area (Å²) >= 11 is 3.26. The van der Waals surface area contributed by atoms with Gasteiger partial charge in [-0.05, 0) is 62.0 Å². The molecule has 0 saturated carbocycles. The molecule has 0 spiro atoms. The number of carbonyl (C=O) groups excluding carboxylic acids is 1. The number of rotatable bonds is 10. The molecular formula is C26H29N3O3S2. The van der Waals surface area contributed by atoms with Crippen LogP contribution in [0, 0.1) is 6.92 Å². The zero-order valence-corrected chi connectivity index (χ0v) is 21.5. The van der Waals surface area contributed by atoms with Gasteiger partial charge >= 0.3 is 0 Å². The van der Waals surface area contributed by atoms with Crippen molar-refractivity contribution >= 4 is 28.6 Å². The predicted octanol–water partition coefficient (Wildman–Crippen LogP) is 6.15. The van der Waals surface area contributed by atoms with Crippen LogP contribution in [0.4, 0.5) is 0 Å². The molecule has 1 unspecified atom stereocenters. The molecule has 0 radical (unpaired) electrons. The molecule has 3 aromatic heterocycles. The van der Waals surface area contributed by atoms with Gasteiger partial charge in [0.2, 0.25) is 0 Å². The lowest BCUT2D eigenvalue weighted by atomic mass is 10.2. The van der Waals surface area contributed by atoms with E-state index in [1.165, 1.54) is 4.88 Å². The van der Waals surface area contributed by atoms with Crippen LogP contribution in [0.25, 0.3) is 11.4 Å². The molecule has 178 valence electrons. The van der Waals surface area contributed by atoms with Crippen molar-refractivity contribution in [3.05, 3.63) is 74.4 Å². The van der Waals surface area contributed by atoms with Gasteiger partial charge in [0, 0.05) is 22.0 Å². The third-order valence-corrected chi connectivity index (χ3v) is 7.41. The minimum absolute atomic E-state index is 0.0451. The van der Waals surface area contributed by atoms with Gasteiger partial charge in [-0.25, -0.2) is 4.98 Å². The second-order valence-electron chi connectivity index (χ2n) is 8.07. The number of methoxy groups -OCH3 is 1. The van der Waals surface area contributed by atoms with Gasteiger partial charge in [0.15, 0.2) is 0 Å². The van der Waals surface area contributed by atoms with E-state index < -0.39 is 0 Å².